The van der Waals surface area contributed by atoms with Crippen LogP contribution >= 0.6 is 11.3 Å². The lowest BCUT2D eigenvalue weighted by Crippen LogP contribution is -2.15. The summed E-state index contributed by atoms with van der Waals surface area (Å²) in [7, 11) is 0. The topological polar surface area (TPSA) is 68.0 Å². The van der Waals surface area contributed by atoms with E-state index in [4.69, 9.17) is 5.73 Å². The van der Waals surface area contributed by atoms with Crippen molar-refractivity contribution >= 4 is 22.4 Å². The molecule has 1 aromatic heterocycles. The molecule has 0 saturated heterocycles. The van der Waals surface area contributed by atoms with Crippen molar-refractivity contribution in [3.05, 3.63) is 34.7 Å². The molecule has 0 aliphatic rings. The van der Waals surface area contributed by atoms with Crippen molar-refractivity contribution in [1.82, 2.24) is 4.98 Å². The molecule has 1 aromatic carbocycles. The molecule has 2 aromatic rings. The van der Waals surface area contributed by atoms with Gasteiger partial charge in [-0.1, -0.05) is 52.0 Å². The lowest BCUT2D eigenvalue weighted by Gasteiger charge is -2.08. The maximum Gasteiger partial charge on any atom is 0.227 e. The van der Waals surface area contributed by atoms with Crippen molar-refractivity contribution in [3.8, 4) is 11.3 Å². The highest BCUT2D eigenvalue weighted by Gasteiger charge is 2.17. The number of benzene rings is 1. The Labute approximate surface area is 142 Å². The highest BCUT2D eigenvalue weighted by molar-refractivity contribution is 7.16. The third-order valence-electron chi connectivity index (χ3n) is 3.65. The molecular formula is C18H25N3OS. The number of anilines is 1. The lowest BCUT2D eigenvalue weighted by atomic mass is 9.99. The summed E-state index contributed by atoms with van der Waals surface area (Å²) in [5, 5.41) is 3.49. The second kappa shape index (κ2) is 7.70. The van der Waals surface area contributed by atoms with Crippen LogP contribution in [0.3, 0.4) is 0 Å². The van der Waals surface area contributed by atoms with Crippen LogP contribution in [0, 0.1) is 0 Å². The third kappa shape index (κ3) is 4.39. The van der Waals surface area contributed by atoms with Crippen molar-refractivity contribution in [2.75, 3.05) is 11.9 Å². The number of carbonyl (C=O) groups excluding carboxylic acids is 1. The lowest BCUT2D eigenvalue weighted by molar-refractivity contribution is -0.116. The Morgan fingerprint density at radius 1 is 1.17 bits per heavy atom. The second-order valence-electron chi connectivity index (χ2n) is 6.25. The number of rotatable bonds is 6. The summed E-state index contributed by atoms with van der Waals surface area (Å²) in [4.78, 5) is 17.6. The number of carbonyl (C=O) groups is 1. The minimum absolute atomic E-state index is 0.0849. The van der Waals surface area contributed by atoms with E-state index in [1.165, 1.54) is 10.4 Å². The molecule has 1 amide bonds. The maximum atomic E-state index is 11.7. The van der Waals surface area contributed by atoms with E-state index in [2.05, 4.69) is 62.3 Å². The van der Waals surface area contributed by atoms with Gasteiger partial charge in [-0.2, -0.15) is 0 Å². The number of amides is 1. The van der Waals surface area contributed by atoms with Gasteiger partial charge in [0.15, 0.2) is 5.13 Å². The van der Waals surface area contributed by atoms with Crippen molar-refractivity contribution in [2.45, 2.75) is 46.0 Å². The zero-order valence-corrected chi connectivity index (χ0v) is 15.0. The molecule has 0 aliphatic heterocycles. The quantitative estimate of drug-likeness (QED) is 0.827. The van der Waals surface area contributed by atoms with Gasteiger partial charge in [0.05, 0.1) is 5.69 Å². The molecule has 5 heteroatoms. The Kier molecular flexibility index (Phi) is 5.91. The number of hydrogen-bond donors (Lipinski definition) is 2. The van der Waals surface area contributed by atoms with Crippen LogP contribution in [0.4, 0.5) is 5.13 Å². The van der Waals surface area contributed by atoms with Crippen molar-refractivity contribution in [1.29, 1.82) is 0 Å². The molecule has 0 radical (unpaired) electrons. The van der Waals surface area contributed by atoms with Gasteiger partial charge in [0, 0.05) is 23.4 Å². The molecule has 23 heavy (non-hydrogen) atoms. The van der Waals surface area contributed by atoms with Crippen molar-refractivity contribution in [3.63, 3.8) is 0 Å². The first-order valence-electron chi connectivity index (χ1n) is 8.03. The monoisotopic (exact) mass is 331 g/mol. The number of thiazole rings is 1. The van der Waals surface area contributed by atoms with E-state index >= 15 is 0 Å². The number of aromatic nitrogens is 1. The highest BCUT2D eigenvalue weighted by atomic mass is 32.1. The van der Waals surface area contributed by atoms with Crippen LogP contribution in [0.1, 0.15) is 56.4 Å². The van der Waals surface area contributed by atoms with Gasteiger partial charge in [0.1, 0.15) is 0 Å². The van der Waals surface area contributed by atoms with Gasteiger partial charge in [-0.15, -0.1) is 11.3 Å². The summed E-state index contributed by atoms with van der Waals surface area (Å²) >= 11 is 1.54. The van der Waals surface area contributed by atoms with E-state index in [0.29, 0.717) is 29.9 Å². The fourth-order valence-corrected chi connectivity index (χ4v) is 3.33. The van der Waals surface area contributed by atoms with Gasteiger partial charge < -0.3 is 11.1 Å². The summed E-state index contributed by atoms with van der Waals surface area (Å²) in [5.74, 6) is 0.779. The van der Waals surface area contributed by atoms with Crippen LogP contribution in [0.15, 0.2) is 24.3 Å². The Balaban J connectivity index is 2.32. The van der Waals surface area contributed by atoms with Crippen LogP contribution in [-0.2, 0) is 4.79 Å². The van der Waals surface area contributed by atoms with Crippen LogP contribution < -0.4 is 11.1 Å². The Morgan fingerprint density at radius 3 is 2.35 bits per heavy atom. The molecular weight excluding hydrogens is 306 g/mol. The summed E-state index contributed by atoms with van der Waals surface area (Å²) in [6.07, 6.45) is 0.314. The first-order chi connectivity index (χ1) is 10.9. The van der Waals surface area contributed by atoms with Crippen molar-refractivity contribution in [2.24, 2.45) is 5.73 Å². The van der Waals surface area contributed by atoms with Gasteiger partial charge in [0.2, 0.25) is 5.91 Å². The summed E-state index contributed by atoms with van der Waals surface area (Å²) in [6.45, 7) is 9.00. The SMILES string of the molecule is CC(C)c1ccc(-c2nc(NC(=O)CCN)sc2C(C)C)cc1. The van der Waals surface area contributed by atoms with E-state index in [9.17, 15) is 4.79 Å². The Morgan fingerprint density at radius 2 is 1.83 bits per heavy atom. The first kappa shape index (κ1) is 17.6. The summed E-state index contributed by atoms with van der Waals surface area (Å²) in [6, 6.07) is 8.52. The first-order valence-corrected chi connectivity index (χ1v) is 8.85. The predicted octanol–water partition coefficient (Wildman–Crippen LogP) is 4.34. The van der Waals surface area contributed by atoms with Crippen LogP contribution in [-0.4, -0.2) is 17.4 Å². The summed E-state index contributed by atoms with van der Waals surface area (Å²) in [5.41, 5.74) is 8.78. The van der Waals surface area contributed by atoms with E-state index in [0.717, 1.165) is 11.3 Å². The minimum Gasteiger partial charge on any atom is -0.330 e. The zero-order valence-electron chi connectivity index (χ0n) is 14.2. The average Bonchev–Trinajstić information content (AvgIpc) is 2.91. The highest BCUT2D eigenvalue weighted by Crippen LogP contribution is 2.36. The molecule has 1 heterocycles. The Hall–Kier alpha value is -1.72. The molecule has 124 valence electrons. The van der Waals surface area contributed by atoms with E-state index in [-0.39, 0.29) is 5.91 Å². The molecule has 0 aliphatic carbocycles. The molecule has 0 bridgehead atoms. The minimum atomic E-state index is -0.0849. The van der Waals surface area contributed by atoms with E-state index in [1.54, 1.807) is 11.3 Å². The molecule has 3 N–H and O–H groups in total. The number of nitrogens with one attached hydrogen (secondary N) is 1. The van der Waals surface area contributed by atoms with Crippen LogP contribution in [0.25, 0.3) is 11.3 Å². The molecule has 0 saturated carbocycles. The number of nitrogens with zero attached hydrogens (tertiary/aromatic N) is 1. The Bertz CT molecular complexity index is 659. The molecule has 0 spiro atoms. The molecule has 0 atom stereocenters. The fraction of sp³-hybridized carbons (Fsp3) is 0.444. The normalized spacial score (nSPS) is 11.3. The molecule has 0 unspecified atom stereocenters. The van der Waals surface area contributed by atoms with Gasteiger partial charge in [-0.05, 0) is 17.4 Å². The fourth-order valence-electron chi connectivity index (χ4n) is 2.32. The van der Waals surface area contributed by atoms with E-state index < -0.39 is 0 Å². The zero-order chi connectivity index (χ0) is 17.0. The number of hydrogen-bond acceptors (Lipinski definition) is 4. The van der Waals surface area contributed by atoms with Gasteiger partial charge in [-0.25, -0.2) is 4.98 Å². The van der Waals surface area contributed by atoms with Gasteiger partial charge in [0.25, 0.3) is 0 Å². The summed E-state index contributed by atoms with van der Waals surface area (Å²) < 4.78 is 0. The average molecular weight is 331 g/mol. The van der Waals surface area contributed by atoms with Crippen molar-refractivity contribution < 1.29 is 4.79 Å². The second-order valence-corrected chi connectivity index (χ2v) is 7.28. The number of nitrogens with two attached hydrogens (primary N) is 1. The molecule has 0 fully saturated rings. The third-order valence-corrected chi connectivity index (χ3v) is 4.92. The largest absolute Gasteiger partial charge is 0.330 e. The van der Waals surface area contributed by atoms with Crippen LogP contribution in [0.5, 0.6) is 0 Å². The van der Waals surface area contributed by atoms with Gasteiger partial charge in [-0.3, -0.25) is 4.79 Å². The van der Waals surface area contributed by atoms with E-state index in [1.807, 2.05) is 0 Å². The predicted molar refractivity (Wildman–Crippen MR) is 98.0 cm³/mol. The van der Waals surface area contributed by atoms with Crippen LogP contribution in [0.2, 0.25) is 0 Å². The maximum absolute atomic E-state index is 11.7. The smallest absolute Gasteiger partial charge is 0.227 e. The molecule has 4 nitrogen and oxygen atoms in total. The standard InChI is InChI=1S/C18H25N3OS/c1-11(2)13-5-7-14(8-6-13)16-17(12(3)4)23-18(21-16)20-15(22)9-10-19/h5-8,11-12H,9-10,19H2,1-4H3,(H,20,21,22). The van der Waals surface area contributed by atoms with Gasteiger partial charge >= 0.3 is 0 Å². The molecule has 2 rings (SSSR count).